The molecule has 5 heteroatoms. The highest BCUT2D eigenvalue weighted by Crippen LogP contribution is 2.39. The number of fused-ring (bicyclic) bond motifs is 3. The predicted molar refractivity (Wildman–Crippen MR) is 108 cm³/mol. The lowest BCUT2D eigenvalue weighted by Gasteiger charge is -2.24. The third-order valence-corrected chi connectivity index (χ3v) is 5.06. The van der Waals surface area contributed by atoms with E-state index in [2.05, 4.69) is 5.32 Å². The Balaban J connectivity index is 1.73. The fourth-order valence-corrected chi connectivity index (χ4v) is 3.58. The van der Waals surface area contributed by atoms with Gasteiger partial charge < -0.3 is 15.3 Å². The van der Waals surface area contributed by atoms with Crippen LogP contribution in [0.15, 0.2) is 78.9 Å². The van der Waals surface area contributed by atoms with E-state index in [1.54, 1.807) is 36.2 Å². The number of rotatable bonds is 3. The largest absolute Gasteiger partial charge is 0.378 e. The number of aliphatic hydroxyl groups is 1. The maximum absolute atomic E-state index is 13.2. The van der Waals surface area contributed by atoms with Gasteiger partial charge in [-0.3, -0.25) is 9.59 Å². The lowest BCUT2D eigenvalue weighted by molar-refractivity contribution is -0.133. The fraction of sp³-hybridized carbons (Fsp3) is 0.130. The zero-order valence-electron chi connectivity index (χ0n) is 15.4. The summed E-state index contributed by atoms with van der Waals surface area (Å²) in [6.45, 7) is 0. The zero-order chi connectivity index (χ0) is 19.7. The van der Waals surface area contributed by atoms with Crippen molar-refractivity contribution in [3.8, 4) is 11.1 Å². The topological polar surface area (TPSA) is 69.6 Å². The molecule has 2 amide bonds. The molecule has 0 bridgehead atoms. The van der Waals surface area contributed by atoms with Crippen molar-refractivity contribution in [3.63, 3.8) is 0 Å². The number of carbonyl (C=O) groups excluding carboxylic acids is 2. The molecule has 3 aromatic rings. The van der Waals surface area contributed by atoms with Gasteiger partial charge in [-0.2, -0.15) is 0 Å². The SMILES string of the molecule is CN1C(=O)[C@@H](NC(=O)[C@H](O)c2ccccc2)c2ccccc2-c2ccccc21. The summed E-state index contributed by atoms with van der Waals surface area (Å²) in [5.41, 5.74) is 3.77. The van der Waals surface area contributed by atoms with Crippen molar-refractivity contribution in [2.45, 2.75) is 12.1 Å². The van der Waals surface area contributed by atoms with E-state index in [0.29, 0.717) is 11.1 Å². The molecule has 2 N–H and O–H groups in total. The van der Waals surface area contributed by atoms with Crippen LogP contribution in [0.3, 0.4) is 0 Å². The van der Waals surface area contributed by atoms with Crippen LogP contribution in [0.1, 0.15) is 23.3 Å². The van der Waals surface area contributed by atoms with Gasteiger partial charge in [0.1, 0.15) is 6.04 Å². The van der Waals surface area contributed by atoms with E-state index in [4.69, 9.17) is 0 Å². The predicted octanol–water partition coefficient (Wildman–Crippen LogP) is 3.22. The zero-order valence-corrected chi connectivity index (χ0v) is 15.4. The fourth-order valence-electron chi connectivity index (χ4n) is 3.58. The number of benzene rings is 3. The second-order valence-corrected chi connectivity index (χ2v) is 6.76. The summed E-state index contributed by atoms with van der Waals surface area (Å²) >= 11 is 0. The van der Waals surface area contributed by atoms with E-state index in [1.165, 1.54) is 0 Å². The molecule has 0 fully saturated rings. The molecule has 3 aromatic carbocycles. The Morgan fingerprint density at radius 3 is 2.29 bits per heavy atom. The molecule has 0 spiro atoms. The lowest BCUT2D eigenvalue weighted by Crippen LogP contribution is -2.42. The van der Waals surface area contributed by atoms with E-state index in [-0.39, 0.29) is 5.91 Å². The van der Waals surface area contributed by atoms with Crippen LogP contribution in [0.2, 0.25) is 0 Å². The molecule has 1 aliphatic heterocycles. The number of nitrogens with zero attached hydrogens (tertiary/aromatic N) is 1. The molecule has 2 atom stereocenters. The summed E-state index contributed by atoms with van der Waals surface area (Å²) in [6, 6.07) is 22.9. The highest BCUT2D eigenvalue weighted by atomic mass is 16.3. The number of para-hydroxylation sites is 1. The molecule has 28 heavy (non-hydrogen) atoms. The number of likely N-dealkylation sites (N-methyl/N-ethyl adjacent to an activating group) is 1. The molecule has 4 rings (SSSR count). The van der Waals surface area contributed by atoms with Crippen molar-refractivity contribution < 1.29 is 14.7 Å². The molecular weight excluding hydrogens is 352 g/mol. The van der Waals surface area contributed by atoms with E-state index < -0.39 is 18.1 Å². The molecule has 0 unspecified atom stereocenters. The van der Waals surface area contributed by atoms with Gasteiger partial charge in [-0.1, -0.05) is 72.8 Å². The minimum absolute atomic E-state index is 0.258. The van der Waals surface area contributed by atoms with E-state index in [1.807, 2.05) is 54.6 Å². The second kappa shape index (κ2) is 7.29. The first-order valence-electron chi connectivity index (χ1n) is 9.07. The Hall–Kier alpha value is -3.44. The lowest BCUT2D eigenvalue weighted by atomic mass is 9.95. The van der Waals surface area contributed by atoms with Crippen molar-refractivity contribution >= 4 is 17.5 Å². The third kappa shape index (κ3) is 3.06. The number of aliphatic hydroxyl groups excluding tert-OH is 1. The number of hydrogen-bond donors (Lipinski definition) is 2. The second-order valence-electron chi connectivity index (χ2n) is 6.76. The van der Waals surface area contributed by atoms with Crippen LogP contribution in [0.5, 0.6) is 0 Å². The highest BCUT2D eigenvalue weighted by Gasteiger charge is 2.34. The first kappa shape index (κ1) is 17.9. The Kier molecular flexibility index (Phi) is 4.67. The van der Waals surface area contributed by atoms with Crippen LogP contribution in [0, 0.1) is 0 Å². The quantitative estimate of drug-likeness (QED) is 0.742. The minimum Gasteiger partial charge on any atom is -0.378 e. The third-order valence-electron chi connectivity index (χ3n) is 5.06. The van der Waals surface area contributed by atoms with Crippen LogP contribution >= 0.6 is 0 Å². The number of carbonyl (C=O) groups is 2. The Bertz CT molecular complexity index is 1030. The van der Waals surface area contributed by atoms with Gasteiger partial charge in [0, 0.05) is 12.6 Å². The van der Waals surface area contributed by atoms with Crippen LogP contribution in [0.25, 0.3) is 11.1 Å². The molecule has 0 aromatic heterocycles. The number of amides is 2. The summed E-state index contributed by atoms with van der Waals surface area (Å²) in [4.78, 5) is 27.5. The van der Waals surface area contributed by atoms with E-state index >= 15 is 0 Å². The summed E-state index contributed by atoms with van der Waals surface area (Å²) in [6.07, 6.45) is -1.35. The van der Waals surface area contributed by atoms with Crippen LogP contribution < -0.4 is 10.2 Å². The first-order valence-corrected chi connectivity index (χ1v) is 9.07. The molecular formula is C23H20N2O3. The van der Waals surface area contributed by atoms with Crippen molar-refractivity contribution in [1.82, 2.24) is 5.32 Å². The monoisotopic (exact) mass is 372 g/mol. The van der Waals surface area contributed by atoms with Crippen molar-refractivity contribution in [1.29, 1.82) is 0 Å². The van der Waals surface area contributed by atoms with Crippen molar-refractivity contribution in [3.05, 3.63) is 90.0 Å². The smallest absolute Gasteiger partial charge is 0.254 e. The van der Waals surface area contributed by atoms with Gasteiger partial charge >= 0.3 is 0 Å². The van der Waals surface area contributed by atoms with Crippen LogP contribution in [0.4, 0.5) is 5.69 Å². The maximum Gasteiger partial charge on any atom is 0.254 e. The average Bonchev–Trinajstić information content (AvgIpc) is 2.84. The molecule has 0 saturated carbocycles. The molecule has 5 nitrogen and oxygen atoms in total. The van der Waals surface area contributed by atoms with Gasteiger partial charge in [-0.15, -0.1) is 0 Å². The number of nitrogens with one attached hydrogen (secondary N) is 1. The highest BCUT2D eigenvalue weighted by molar-refractivity contribution is 6.06. The number of anilines is 1. The number of hydrogen-bond acceptors (Lipinski definition) is 3. The summed E-state index contributed by atoms with van der Waals surface area (Å²) < 4.78 is 0. The Morgan fingerprint density at radius 2 is 1.54 bits per heavy atom. The van der Waals surface area contributed by atoms with Crippen LogP contribution in [-0.2, 0) is 9.59 Å². The Labute approximate surface area is 163 Å². The average molecular weight is 372 g/mol. The standard InChI is InChI=1S/C23H20N2O3/c1-25-19-14-8-7-12-17(19)16-11-5-6-13-18(16)20(23(25)28)24-22(27)21(26)15-9-3-2-4-10-15/h2-14,20-21,26H,1H3,(H,24,27)/t20-,21+/m0/s1. The van der Waals surface area contributed by atoms with Crippen molar-refractivity contribution in [2.24, 2.45) is 0 Å². The normalized spacial score (nSPS) is 16.6. The molecule has 140 valence electrons. The van der Waals surface area contributed by atoms with Gasteiger partial charge in [0.05, 0.1) is 5.69 Å². The van der Waals surface area contributed by atoms with Gasteiger partial charge in [0.15, 0.2) is 6.10 Å². The van der Waals surface area contributed by atoms with Gasteiger partial charge in [0.25, 0.3) is 11.8 Å². The summed E-state index contributed by atoms with van der Waals surface area (Å²) in [5.74, 6) is -0.871. The van der Waals surface area contributed by atoms with Gasteiger partial charge in [0.2, 0.25) is 0 Å². The Morgan fingerprint density at radius 1 is 0.929 bits per heavy atom. The molecule has 1 aliphatic rings. The van der Waals surface area contributed by atoms with Crippen molar-refractivity contribution in [2.75, 3.05) is 11.9 Å². The van der Waals surface area contributed by atoms with Gasteiger partial charge in [-0.05, 0) is 22.8 Å². The molecule has 0 saturated heterocycles. The minimum atomic E-state index is -1.35. The first-order chi connectivity index (χ1) is 13.6. The summed E-state index contributed by atoms with van der Waals surface area (Å²) in [7, 11) is 1.69. The molecule has 1 heterocycles. The molecule has 0 radical (unpaired) electrons. The molecule has 0 aliphatic carbocycles. The van der Waals surface area contributed by atoms with E-state index in [0.717, 1.165) is 16.8 Å². The maximum atomic E-state index is 13.2. The van der Waals surface area contributed by atoms with Gasteiger partial charge in [-0.25, -0.2) is 0 Å². The van der Waals surface area contributed by atoms with E-state index in [9.17, 15) is 14.7 Å². The summed E-state index contributed by atoms with van der Waals surface area (Å²) in [5, 5.41) is 13.2. The van der Waals surface area contributed by atoms with Crippen LogP contribution in [-0.4, -0.2) is 24.0 Å².